The molecule has 0 radical (unpaired) electrons. The van der Waals surface area contributed by atoms with Gasteiger partial charge in [-0.15, -0.1) is 11.3 Å². The fourth-order valence-electron chi connectivity index (χ4n) is 2.35. The molecule has 0 bridgehead atoms. The van der Waals surface area contributed by atoms with Gasteiger partial charge in [-0.1, -0.05) is 0 Å². The molecule has 1 fully saturated rings. The molecule has 2 rings (SSSR count). The number of aliphatic carboxylic acids is 1. The predicted octanol–water partition coefficient (Wildman–Crippen LogP) is 2.76. The molecule has 6 heteroatoms. The molecule has 1 saturated heterocycles. The first-order valence-electron chi connectivity index (χ1n) is 6.24. The van der Waals surface area contributed by atoms with E-state index in [9.17, 15) is 9.59 Å². The number of carbonyl (C=O) groups excluding carboxylic acids is 1. The van der Waals surface area contributed by atoms with Gasteiger partial charge in [-0.25, -0.2) is 0 Å². The minimum absolute atomic E-state index is 0.0211. The predicted molar refractivity (Wildman–Crippen MR) is 77.3 cm³/mol. The molecule has 2 heterocycles. The highest BCUT2D eigenvalue weighted by molar-refractivity contribution is 9.11. The van der Waals surface area contributed by atoms with Crippen molar-refractivity contribution in [1.82, 2.24) is 4.90 Å². The Bertz CT molecular complexity index is 488. The van der Waals surface area contributed by atoms with Gasteiger partial charge in [0.05, 0.1) is 16.1 Å². The lowest BCUT2D eigenvalue weighted by Gasteiger charge is -2.36. The Hall–Kier alpha value is -0.880. The van der Waals surface area contributed by atoms with Gasteiger partial charge < -0.3 is 10.0 Å². The van der Waals surface area contributed by atoms with Crippen LogP contribution in [0.4, 0.5) is 0 Å². The van der Waals surface area contributed by atoms with Crippen molar-refractivity contribution in [2.75, 3.05) is 6.54 Å². The summed E-state index contributed by atoms with van der Waals surface area (Å²) >= 11 is 4.92. The molecular formula is C13H16BrNO3S. The molecule has 2 unspecified atom stereocenters. The van der Waals surface area contributed by atoms with Crippen molar-refractivity contribution in [3.63, 3.8) is 0 Å². The van der Waals surface area contributed by atoms with E-state index in [2.05, 4.69) is 15.9 Å². The van der Waals surface area contributed by atoms with E-state index < -0.39 is 11.9 Å². The summed E-state index contributed by atoms with van der Waals surface area (Å²) in [6.45, 7) is 2.32. The van der Waals surface area contributed by atoms with Crippen LogP contribution in [-0.4, -0.2) is 34.5 Å². The maximum Gasteiger partial charge on any atom is 0.308 e. The van der Waals surface area contributed by atoms with Crippen LogP contribution in [0.15, 0.2) is 15.9 Å². The average molecular weight is 346 g/mol. The highest BCUT2D eigenvalue weighted by atomic mass is 79.9. The molecule has 1 aromatic heterocycles. The van der Waals surface area contributed by atoms with Crippen molar-refractivity contribution in [3.8, 4) is 0 Å². The Labute approximate surface area is 124 Å². The Kier molecular flexibility index (Phi) is 4.62. The molecule has 1 N–H and O–H groups in total. The van der Waals surface area contributed by atoms with Gasteiger partial charge in [-0.2, -0.15) is 0 Å². The normalized spacial score (nSPS) is 23.4. The quantitative estimate of drug-likeness (QED) is 0.916. The van der Waals surface area contributed by atoms with Crippen molar-refractivity contribution >= 4 is 39.1 Å². The minimum atomic E-state index is -0.802. The summed E-state index contributed by atoms with van der Waals surface area (Å²) in [4.78, 5) is 26.0. The molecule has 1 aliphatic rings. The van der Waals surface area contributed by atoms with E-state index in [1.54, 1.807) is 16.2 Å². The molecule has 19 heavy (non-hydrogen) atoms. The van der Waals surface area contributed by atoms with E-state index in [1.807, 2.05) is 19.1 Å². The van der Waals surface area contributed by atoms with E-state index in [1.165, 1.54) is 0 Å². The van der Waals surface area contributed by atoms with Crippen LogP contribution in [0.5, 0.6) is 0 Å². The molecule has 0 saturated carbocycles. The summed E-state index contributed by atoms with van der Waals surface area (Å²) in [6, 6.07) is 3.98. The molecule has 0 aliphatic carbocycles. The third kappa shape index (κ3) is 3.57. The molecule has 0 spiro atoms. The largest absolute Gasteiger partial charge is 0.481 e. The number of likely N-dealkylation sites (tertiary alicyclic amines) is 1. The fourth-order valence-corrected chi connectivity index (χ4v) is 3.83. The lowest BCUT2D eigenvalue weighted by atomic mass is 9.93. The Morgan fingerprint density at radius 2 is 2.21 bits per heavy atom. The fraction of sp³-hybridized carbons (Fsp3) is 0.538. The van der Waals surface area contributed by atoms with Crippen molar-refractivity contribution in [3.05, 3.63) is 20.8 Å². The van der Waals surface area contributed by atoms with E-state index in [0.717, 1.165) is 15.1 Å². The average Bonchev–Trinajstić information content (AvgIpc) is 2.74. The van der Waals surface area contributed by atoms with Crippen molar-refractivity contribution < 1.29 is 14.7 Å². The van der Waals surface area contributed by atoms with Gasteiger partial charge in [0, 0.05) is 17.5 Å². The summed E-state index contributed by atoms with van der Waals surface area (Å²) < 4.78 is 1.01. The Balaban J connectivity index is 2.02. The van der Waals surface area contributed by atoms with Gasteiger partial charge in [-0.3, -0.25) is 9.59 Å². The van der Waals surface area contributed by atoms with Gasteiger partial charge in [0.15, 0.2) is 0 Å². The molecule has 104 valence electrons. The number of hydrogen-bond donors (Lipinski definition) is 1. The van der Waals surface area contributed by atoms with Gasteiger partial charge in [0.2, 0.25) is 5.91 Å². The second-order valence-electron chi connectivity index (χ2n) is 4.89. The number of carboxylic acids is 1. The number of rotatable bonds is 3. The second kappa shape index (κ2) is 6.05. The monoisotopic (exact) mass is 345 g/mol. The topological polar surface area (TPSA) is 57.6 Å². The van der Waals surface area contributed by atoms with Crippen molar-refractivity contribution in [2.24, 2.45) is 5.92 Å². The molecule has 0 aromatic carbocycles. The van der Waals surface area contributed by atoms with Crippen LogP contribution >= 0.6 is 27.3 Å². The summed E-state index contributed by atoms with van der Waals surface area (Å²) in [5.74, 6) is -1.20. The molecule has 4 nitrogen and oxygen atoms in total. The Morgan fingerprint density at radius 3 is 2.79 bits per heavy atom. The van der Waals surface area contributed by atoms with Gasteiger partial charge in [0.1, 0.15) is 0 Å². The molecule has 1 aliphatic heterocycles. The SMILES string of the molecule is CC1CCC(C(=O)O)CN1C(=O)Cc1ccc(Br)s1. The third-order valence-electron chi connectivity index (χ3n) is 3.51. The van der Waals surface area contributed by atoms with Gasteiger partial charge in [-0.05, 0) is 47.8 Å². The van der Waals surface area contributed by atoms with E-state index in [4.69, 9.17) is 5.11 Å². The van der Waals surface area contributed by atoms with Crippen LogP contribution < -0.4 is 0 Å². The number of piperidine rings is 1. The number of carbonyl (C=O) groups is 2. The molecule has 2 atom stereocenters. The minimum Gasteiger partial charge on any atom is -0.481 e. The number of nitrogens with zero attached hydrogens (tertiary/aromatic N) is 1. The van der Waals surface area contributed by atoms with Crippen LogP contribution in [0.1, 0.15) is 24.6 Å². The van der Waals surface area contributed by atoms with E-state index >= 15 is 0 Å². The molecule has 1 aromatic rings. The maximum atomic E-state index is 12.3. The van der Waals surface area contributed by atoms with Crippen LogP contribution in [0.25, 0.3) is 0 Å². The lowest BCUT2D eigenvalue weighted by Crippen LogP contribution is -2.47. The highest BCUT2D eigenvalue weighted by Crippen LogP contribution is 2.26. The van der Waals surface area contributed by atoms with Gasteiger partial charge >= 0.3 is 5.97 Å². The van der Waals surface area contributed by atoms with Crippen LogP contribution in [0.2, 0.25) is 0 Å². The number of amides is 1. The highest BCUT2D eigenvalue weighted by Gasteiger charge is 2.32. The molecular weight excluding hydrogens is 330 g/mol. The zero-order valence-corrected chi connectivity index (χ0v) is 13.0. The summed E-state index contributed by atoms with van der Waals surface area (Å²) in [5.41, 5.74) is 0. The van der Waals surface area contributed by atoms with E-state index in [-0.39, 0.29) is 11.9 Å². The van der Waals surface area contributed by atoms with Gasteiger partial charge in [0.25, 0.3) is 0 Å². The first-order valence-corrected chi connectivity index (χ1v) is 7.85. The second-order valence-corrected chi connectivity index (χ2v) is 7.44. The zero-order valence-electron chi connectivity index (χ0n) is 10.6. The zero-order chi connectivity index (χ0) is 14.0. The van der Waals surface area contributed by atoms with Crippen molar-refractivity contribution in [2.45, 2.75) is 32.2 Å². The number of halogens is 1. The number of carboxylic acid groups (broad SMARTS) is 1. The van der Waals surface area contributed by atoms with E-state index in [0.29, 0.717) is 19.4 Å². The Morgan fingerprint density at radius 1 is 1.47 bits per heavy atom. The summed E-state index contributed by atoms with van der Waals surface area (Å²) in [7, 11) is 0. The van der Waals surface area contributed by atoms with Crippen molar-refractivity contribution in [1.29, 1.82) is 0 Å². The lowest BCUT2D eigenvalue weighted by molar-refractivity contribution is -0.146. The third-order valence-corrected chi connectivity index (χ3v) is 5.13. The number of thiophene rings is 1. The summed E-state index contributed by atoms with van der Waals surface area (Å²) in [5, 5.41) is 9.08. The standard InChI is InChI=1S/C13H16BrNO3S/c1-8-2-3-9(13(17)18)7-15(8)12(16)6-10-4-5-11(14)19-10/h4-5,8-9H,2-3,6-7H2,1H3,(H,17,18). The smallest absolute Gasteiger partial charge is 0.308 e. The van der Waals surface area contributed by atoms with Crippen LogP contribution in [0, 0.1) is 5.92 Å². The van der Waals surface area contributed by atoms with Crippen LogP contribution in [-0.2, 0) is 16.0 Å². The van der Waals surface area contributed by atoms with Crippen LogP contribution in [0.3, 0.4) is 0 Å². The first kappa shape index (κ1) is 14.5. The number of hydrogen-bond acceptors (Lipinski definition) is 3. The summed E-state index contributed by atoms with van der Waals surface area (Å²) in [6.07, 6.45) is 1.77. The first-order chi connectivity index (χ1) is 8.97. The molecule has 1 amide bonds. The maximum absolute atomic E-state index is 12.3.